The molecule has 15 atom stereocenters. The number of aliphatic hydroxyl groups is 2. The van der Waals surface area contributed by atoms with E-state index in [2.05, 4.69) is 80.1 Å². The number of hydrazine groups is 3. The number of aromatic nitrogens is 1. The first-order valence-corrected chi connectivity index (χ1v) is 45.3. The number of carbonyl (C=O) groups excluding carboxylic acids is 16. The molecule has 131 heavy (non-hydrogen) atoms. The van der Waals surface area contributed by atoms with E-state index in [1.54, 1.807) is 81.6 Å². The Balaban J connectivity index is 1.40. The van der Waals surface area contributed by atoms with Gasteiger partial charge in [0.2, 0.25) is 58.6 Å². The molecule has 1 fully saturated rings. The molecule has 0 saturated heterocycles. The molecule has 0 bridgehead atoms. The lowest BCUT2D eigenvalue weighted by atomic mass is 9.80. The van der Waals surface area contributed by atoms with Crippen LogP contribution in [-0.2, 0) is 101 Å². The Kier molecular flexibility index (Phi) is 45.7. The molecule has 38 nitrogen and oxygen atoms in total. The lowest BCUT2D eigenvalue weighted by Gasteiger charge is -2.35. The molecule has 1 aromatic heterocycles. The number of aliphatic carboxylic acids is 1. The number of rotatable bonds is 40. The van der Waals surface area contributed by atoms with Gasteiger partial charge in [0.15, 0.2) is 34.7 Å². The summed E-state index contributed by atoms with van der Waals surface area (Å²) in [5, 5.41) is 64.8. The number of Topliss-reactive ketones (excluding diaryl/α,β-unsaturated/α-hetero) is 10. The van der Waals surface area contributed by atoms with E-state index in [0.29, 0.717) is 59.7 Å². The smallest absolute Gasteiger partial charge is 0.303 e. The molecule has 6 amide bonds. The molecule has 2 heterocycles. The van der Waals surface area contributed by atoms with Crippen molar-refractivity contribution in [2.75, 3.05) is 32.8 Å². The fourth-order valence-corrected chi connectivity index (χ4v) is 15.2. The van der Waals surface area contributed by atoms with Crippen LogP contribution in [0.1, 0.15) is 207 Å². The Morgan fingerprint density at radius 3 is 1.90 bits per heavy atom. The molecule has 2 aliphatic rings. The van der Waals surface area contributed by atoms with E-state index in [9.17, 15) is 82.8 Å². The van der Waals surface area contributed by atoms with Crippen molar-refractivity contribution >= 4 is 110 Å². The minimum Gasteiger partial charge on any atom is -0.508 e. The number of phenols is 1. The number of H-pyrrole nitrogens is 1. The van der Waals surface area contributed by atoms with Crippen LogP contribution in [0.4, 0.5) is 0 Å². The van der Waals surface area contributed by atoms with Gasteiger partial charge in [0.25, 0.3) is 0 Å². The molecule has 0 unspecified atom stereocenters. The van der Waals surface area contributed by atoms with E-state index in [0.717, 1.165) is 19.3 Å². The zero-order valence-electron chi connectivity index (χ0n) is 76.6. The van der Waals surface area contributed by atoms with Crippen LogP contribution in [-0.4, -0.2) is 247 Å². The van der Waals surface area contributed by atoms with Gasteiger partial charge in [-0.1, -0.05) is 125 Å². The summed E-state index contributed by atoms with van der Waals surface area (Å²) in [7, 11) is 0. The van der Waals surface area contributed by atoms with Gasteiger partial charge in [-0.3, -0.25) is 81.5 Å². The third-order valence-corrected chi connectivity index (χ3v) is 23.8. The number of hydrogen-bond donors (Lipinski definition) is 21. The van der Waals surface area contributed by atoms with E-state index in [1.807, 2.05) is 12.2 Å². The number of primary amides is 1. The second-order valence-electron chi connectivity index (χ2n) is 35.3. The Bertz CT molecular complexity index is 4580. The van der Waals surface area contributed by atoms with Gasteiger partial charge < -0.3 is 79.4 Å². The number of aromatic hydroxyl groups is 1. The number of aliphatic hydroxyl groups excluding tert-OH is 2. The zero-order chi connectivity index (χ0) is 96.7. The number of carbonyl (C=O) groups is 17. The predicted molar refractivity (Wildman–Crippen MR) is 487 cm³/mol. The maximum Gasteiger partial charge on any atom is 0.303 e. The van der Waals surface area contributed by atoms with Crippen LogP contribution in [0.3, 0.4) is 0 Å². The van der Waals surface area contributed by atoms with E-state index < -0.39 is 216 Å². The Hall–Kier alpha value is -10.8. The highest BCUT2D eigenvalue weighted by Crippen LogP contribution is 2.31. The summed E-state index contributed by atoms with van der Waals surface area (Å²) >= 11 is 0. The van der Waals surface area contributed by atoms with Crippen LogP contribution in [0.5, 0.6) is 5.75 Å². The monoisotopic (exact) mass is 1830 g/mol. The zero-order valence-corrected chi connectivity index (χ0v) is 76.6. The summed E-state index contributed by atoms with van der Waals surface area (Å²) in [4.78, 5) is 243. The molecule has 6 rings (SSSR count). The first-order valence-electron chi connectivity index (χ1n) is 45.3. The molecule has 38 heteroatoms. The van der Waals surface area contributed by atoms with Gasteiger partial charge in [-0.2, -0.15) is 0 Å². The van der Waals surface area contributed by atoms with Gasteiger partial charge in [-0.25, -0.2) is 32.6 Å². The van der Waals surface area contributed by atoms with E-state index in [-0.39, 0.29) is 119 Å². The normalized spacial score (nSPS) is 22.8. The number of fused-ring (bicyclic) bond motifs is 1. The number of allylic oxidation sites excluding steroid dienone is 2. The minimum atomic E-state index is -2.09. The summed E-state index contributed by atoms with van der Waals surface area (Å²) < 4.78 is 0. The number of carboxylic acid groups (broad SMARTS) is 1. The van der Waals surface area contributed by atoms with Gasteiger partial charge >= 0.3 is 5.97 Å². The number of para-hydroxylation sites is 1. The van der Waals surface area contributed by atoms with Crippen LogP contribution in [0, 0.1) is 11.8 Å². The third-order valence-electron chi connectivity index (χ3n) is 23.8. The molecule has 1 aliphatic heterocycles. The highest BCUT2D eigenvalue weighted by Gasteiger charge is 2.45. The fraction of sp³-hybridized carbons (Fsp3) is 0.581. The topological polar surface area (TPSA) is 607 Å². The van der Waals surface area contributed by atoms with Gasteiger partial charge in [-0.15, -0.1) is 0 Å². The quantitative estimate of drug-likeness (QED) is 0.0127. The minimum absolute atomic E-state index is 0.00427. The molecule has 23 N–H and O–H groups in total. The number of benzene rings is 3. The van der Waals surface area contributed by atoms with Crippen LogP contribution < -0.4 is 86.6 Å². The Morgan fingerprint density at radius 2 is 1.26 bits per heavy atom. The van der Waals surface area contributed by atoms with Crippen molar-refractivity contribution in [1.29, 1.82) is 0 Å². The number of hydrogen-bond acceptors (Lipinski definition) is 30. The molecule has 1 saturated carbocycles. The molecule has 0 radical (unpaired) electrons. The lowest BCUT2D eigenvalue weighted by Crippen LogP contribution is -2.65. The van der Waals surface area contributed by atoms with Crippen molar-refractivity contribution in [2.45, 2.75) is 300 Å². The maximum absolute atomic E-state index is 15.6. The van der Waals surface area contributed by atoms with Crippen molar-refractivity contribution in [2.24, 2.45) is 23.3 Å². The number of carboxylic acids is 1. The van der Waals surface area contributed by atoms with Crippen molar-refractivity contribution in [3.63, 3.8) is 0 Å². The first-order chi connectivity index (χ1) is 62.2. The number of aromatic amines is 1. The van der Waals surface area contributed by atoms with Gasteiger partial charge in [0.1, 0.15) is 41.5 Å². The average Bonchev–Trinajstić information content (AvgIpc) is 1.56. The van der Waals surface area contributed by atoms with Gasteiger partial charge in [0.05, 0.1) is 86.6 Å². The second-order valence-corrected chi connectivity index (χ2v) is 35.3. The number of phenolic OH excluding ortho intramolecular Hbond substituents is 1. The third kappa shape index (κ3) is 36.4. The molecular formula is C93H137N17O21. The number of amides is 6. The molecular weight excluding hydrogens is 1690 g/mol. The molecule has 720 valence electrons. The van der Waals surface area contributed by atoms with Gasteiger partial charge in [-0.05, 0) is 172 Å². The second kappa shape index (κ2) is 54.9. The average molecular weight is 1830 g/mol. The van der Waals surface area contributed by atoms with Crippen molar-refractivity contribution in [3.05, 3.63) is 114 Å². The number of nitrogens with one attached hydrogen (secondary N) is 15. The van der Waals surface area contributed by atoms with Gasteiger partial charge in [0, 0.05) is 49.8 Å². The predicted octanol–water partition coefficient (Wildman–Crippen LogP) is 0.804. The van der Waals surface area contributed by atoms with E-state index in [1.165, 1.54) is 65.8 Å². The van der Waals surface area contributed by atoms with Crippen LogP contribution in [0.15, 0.2) is 97.2 Å². The highest BCUT2D eigenvalue weighted by atomic mass is 16.4. The van der Waals surface area contributed by atoms with Crippen molar-refractivity contribution in [1.82, 2.24) is 80.1 Å². The van der Waals surface area contributed by atoms with E-state index in [4.69, 9.17) is 11.5 Å². The van der Waals surface area contributed by atoms with Crippen LogP contribution >= 0.6 is 0 Å². The van der Waals surface area contributed by atoms with E-state index >= 15 is 19.2 Å². The largest absolute Gasteiger partial charge is 0.508 e. The Morgan fingerprint density at radius 1 is 0.618 bits per heavy atom. The molecule has 3 aromatic carbocycles. The lowest BCUT2D eigenvalue weighted by molar-refractivity contribution is -0.144. The fourth-order valence-electron chi connectivity index (χ4n) is 15.2. The SMILES string of the molecule is CC(=O)N[C@@H](CC(C)C)C(=O)N[C@H](C(=O)C(=O)[C@H](Cc1ccccc1)NN[C@]1(C)CCCCCCC=CCCC[C@@](C)(C(=O)N[C@@H](CO)C(=O)CN[C@@H](C)C(=O)CCN[C@@H](C)C(=O)CN)NC(=O)[C@H](CC2CCC2)NN[C@@H](CCC(N)=O)C(=O)CN[C@@H](C)C(=O)CC(=O)[C@H](Cc2c[nH]c3ccccc23)NN[C@@H](Cc2ccc(O)cc2)C(=O)N[C@@H](CCC(=O)O)C(=O)C1=O)[C@@H](C)O. The number of ketones is 10. The maximum atomic E-state index is 15.6. The molecule has 4 aromatic rings. The number of nitrogens with two attached hydrogens (primary N) is 2. The summed E-state index contributed by atoms with van der Waals surface area (Å²) in [5.74, 6) is -14.9. The summed E-state index contributed by atoms with van der Waals surface area (Å²) in [6.07, 6.45) is 5.31. The first kappa shape index (κ1) is 109. The molecule has 1 aliphatic carbocycles. The summed E-state index contributed by atoms with van der Waals surface area (Å²) in [5.41, 5.74) is 26.9. The highest BCUT2D eigenvalue weighted by molar-refractivity contribution is 6.43. The standard InChI is InChI=1S/C93H137N17O21/c1-54(2)43-71(100-59(7)113)88(128)103-83(58(6)112)86(126)84(124)70(44-60-25-18-17-19-26-60)109-110-92(8)40-22-15-13-11-10-12-14-16-23-41-93(9,91(131)102-74(53-111)80(120)52-97-55(3)75(115)39-42-96-57(5)78(118)49-94)104-90(130)73(45-61-27-24-28-61)108-105-67(35-37-81(95)121)79(119)51-98-56(4)76(116)48-77(117)69(47-63-50-99-66-30-21-20-29-65(63)66)106-107-72(46-62-31-33-64(114)34-32-62)89(129)101-68(36-38-82(122)123)85(125)87(92)127/h12,14,17-21,25-26,29-34,50,54-58,61,67-74,83,96-99,105-112,114H,10-11,13,15-16,22-24,27-28,35-49,51-53,94H2,1-9H3,(H2,95,121)(H,100,113)(H,101,129)(H,102,131)(H,103,128)(H,104,130)(H,122,123)/t55-,56-,57-,58+,67-,68-,69-,70-,71-,72-,73-,74-,83-,92+,93-/m0/s1. The molecule has 0 spiro atoms. The van der Waals surface area contributed by atoms with Crippen LogP contribution in [0.25, 0.3) is 10.9 Å². The summed E-state index contributed by atoms with van der Waals surface area (Å²) in [6, 6.07) is 4.94. The van der Waals surface area contributed by atoms with Crippen LogP contribution in [0.2, 0.25) is 0 Å². The summed E-state index contributed by atoms with van der Waals surface area (Å²) in [6.45, 7) is 11.3. The van der Waals surface area contributed by atoms with Crippen molar-refractivity contribution in [3.8, 4) is 5.75 Å². The Labute approximate surface area is 764 Å². The van der Waals surface area contributed by atoms with Crippen molar-refractivity contribution < 1.29 is 102 Å².